The van der Waals surface area contributed by atoms with E-state index in [4.69, 9.17) is 16.7 Å². The van der Waals surface area contributed by atoms with Gasteiger partial charge in [-0.25, -0.2) is 0 Å². The first-order chi connectivity index (χ1) is 12.7. The van der Waals surface area contributed by atoms with Crippen LogP contribution in [-0.4, -0.2) is 38.6 Å². The van der Waals surface area contributed by atoms with E-state index in [1.54, 1.807) is 4.68 Å². The summed E-state index contributed by atoms with van der Waals surface area (Å²) in [7, 11) is 0. The van der Waals surface area contributed by atoms with Gasteiger partial charge in [-0.15, -0.1) is 10.2 Å². The highest BCUT2D eigenvalue weighted by atomic mass is 35.5. The molecule has 1 N–H and O–H groups in total. The molecular weight excluding hydrogens is 368 g/mol. The maximum absolute atomic E-state index is 9.10. The molecule has 0 aliphatic heterocycles. The lowest BCUT2D eigenvalue weighted by Crippen LogP contribution is -2.02. The Morgan fingerprint density at radius 3 is 2.65 bits per heavy atom. The van der Waals surface area contributed by atoms with Crippen LogP contribution in [0, 0.1) is 6.92 Å². The largest absolute Gasteiger partial charge is 0.396 e. The molecule has 0 saturated heterocycles. The fourth-order valence-corrected chi connectivity index (χ4v) is 3.16. The Kier molecular flexibility index (Phi) is 6.44. The molecule has 0 atom stereocenters. The Hall–Kier alpha value is -2.15. The Morgan fingerprint density at radius 2 is 1.92 bits per heavy atom. The van der Waals surface area contributed by atoms with Crippen molar-refractivity contribution in [3.05, 3.63) is 76.1 Å². The molecule has 0 saturated carbocycles. The molecule has 2 aromatic carbocycles. The molecule has 0 radical (unpaired) electrons. The van der Waals surface area contributed by atoms with Gasteiger partial charge in [0.25, 0.3) is 0 Å². The molecule has 26 heavy (non-hydrogen) atoms. The van der Waals surface area contributed by atoms with E-state index in [0.29, 0.717) is 22.4 Å². The van der Waals surface area contributed by atoms with Crippen molar-refractivity contribution in [2.75, 3.05) is 12.4 Å². The van der Waals surface area contributed by atoms with Gasteiger partial charge in [0.1, 0.15) is 0 Å². The van der Waals surface area contributed by atoms with Gasteiger partial charge < -0.3 is 5.11 Å². The topological polar surface area (TPSA) is 63.3 Å². The predicted octanol–water partition coefficient (Wildman–Crippen LogP) is 3.80. The second-order valence-corrected chi connectivity index (χ2v) is 7.19. The number of aromatic nitrogens is 3. The van der Waals surface area contributed by atoms with Crippen molar-refractivity contribution in [1.29, 1.82) is 0 Å². The van der Waals surface area contributed by atoms with Crippen LogP contribution in [0.4, 0.5) is 0 Å². The number of nitrogens with zero attached hydrogens (tertiary/aromatic N) is 4. The first-order valence-electron chi connectivity index (χ1n) is 8.20. The predicted molar refractivity (Wildman–Crippen MR) is 106 cm³/mol. The number of benzene rings is 2. The van der Waals surface area contributed by atoms with Crippen molar-refractivity contribution in [2.24, 2.45) is 5.10 Å². The zero-order valence-electron chi connectivity index (χ0n) is 14.3. The lowest BCUT2D eigenvalue weighted by molar-refractivity contribution is 0.322. The van der Waals surface area contributed by atoms with Gasteiger partial charge >= 0.3 is 0 Å². The lowest BCUT2D eigenvalue weighted by atomic mass is 10.1. The molecule has 0 fully saturated rings. The Balaban J connectivity index is 1.90. The first kappa shape index (κ1) is 18.6. The van der Waals surface area contributed by atoms with Crippen molar-refractivity contribution in [3.63, 3.8) is 0 Å². The molecule has 7 heteroatoms. The first-order valence-corrected chi connectivity index (χ1v) is 9.56. The summed E-state index contributed by atoms with van der Waals surface area (Å²) in [6.07, 6.45) is 2.40. The zero-order chi connectivity index (χ0) is 18.4. The van der Waals surface area contributed by atoms with Crippen LogP contribution in [-0.2, 0) is 6.42 Å². The van der Waals surface area contributed by atoms with Gasteiger partial charge in [-0.05, 0) is 35.7 Å². The molecule has 1 aromatic heterocycles. The molecule has 3 aromatic rings. The molecule has 134 valence electrons. The average Bonchev–Trinajstić information content (AvgIpc) is 3.02. The monoisotopic (exact) mass is 386 g/mol. The molecule has 0 bridgehead atoms. The molecule has 0 aliphatic rings. The van der Waals surface area contributed by atoms with Crippen LogP contribution in [0.25, 0.3) is 0 Å². The number of aryl methyl sites for hydroxylation is 1. The molecule has 3 rings (SSSR count). The van der Waals surface area contributed by atoms with Crippen LogP contribution in [0.15, 0.2) is 58.8 Å². The lowest BCUT2D eigenvalue weighted by Gasteiger charge is -2.05. The fraction of sp³-hybridized carbons (Fsp3) is 0.211. The normalized spacial score (nSPS) is 11.3. The third-order valence-electron chi connectivity index (χ3n) is 3.78. The van der Waals surface area contributed by atoms with E-state index in [0.717, 1.165) is 22.5 Å². The number of hydrogen-bond acceptors (Lipinski definition) is 5. The minimum Gasteiger partial charge on any atom is -0.396 e. The van der Waals surface area contributed by atoms with Crippen LogP contribution < -0.4 is 0 Å². The van der Waals surface area contributed by atoms with Crippen LogP contribution in [0.2, 0.25) is 5.02 Å². The van der Waals surface area contributed by atoms with Crippen molar-refractivity contribution in [2.45, 2.75) is 18.5 Å². The van der Waals surface area contributed by atoms with E-state index in [1.165, 1.54) is 11.8 Å². The van der Waals surface area contributed by atoms with Crippen molar-refractivity contribution >= 4 is 29.6 Å². The molecule has 1 heterocycles. The van der Waals surface area contributed by atoms with E-state index < -0.39 is 0 Å². The summed E-state index contributed by atoms with van der Waals surface area (Å²) >= 11 is 7.38. The summed E-state index contributed by atoms with van der Waals surface area (Å²) < 4.78 is 1.74. The standard InChI is InChI=1S/C19H19ClN4OS/c1-14-4-2-3-5-16(14)13-21-24-18(22-23-19(24)26-11-10-25)12-15-6-8-17(20)9-7-15/h2-9,13,25H,10-12H2,1H3. The minimum absolute atomic E-state index is 0.0750. The number of thioether (sulfide) groups is 1. The van der Waals surface area contributed by atoms with Gasteiger partial charge in [0.2, 0.25) is 5.16 Å². The van der Waals surface area contributed by atoms with Crippen molar-refractivity contribution in [3.8, 4) is 0 Å². The molecule has 0 unspecified atom stereocenters. The number of rotatable bonds is 7. The maximum atomic E-state index is 9.10. The van der Waals surface area contributed by atoms with Crippen molar-refractivity contribution in [1.82, 2.24) is 14.9 Å². The fourth-order valence-electron chi connectivity index (χ4n) is 2.39. The zero-order valence-corrected chi connectivity index (χ0v) is 15.9. The van der Waals surface area contributed by atoms with E-state index in [-0.39, 0.29) is 6.61 Å². The Labute approximate surface area is 161 Å². The smallest absolute Gasteiger partial charge is 0.212 e. The summed E-state index contributed by atoms with van der Waals surface area (Å²) in [5.41, 5.74) is 3.26. The summed E-state index contributed by atoms with van der Waals surface area (Å²) in [6, 6.07) is 15.7. The second kappa shape index (κ2) is 8.98. The second-order valence-electron chi connectivity index (χ2n) is 5.69. The minimum atomic E-state index is 0.0750. The van der Waals surface area contributed by atoms with Crippen LogP contribution in [0.3, 0.4) is 0 Å². The van der Waals surface area contributed by atoms with E-state index in [2.05, 4.69) is 15.3 Å². The van der Waals surface area contributed by atoms with Gasteiger partial charge in [-0.3, -0.25) is 0 Å². The van der Waals surface area contributed by atoms with Gasteiger partial charge in [0.05, 0.1) is 12.8 Å². The summed E-state index contributed by atoms with van der Waals surface area (Å²) in [5.74, 6) is 1.27. The molecule has 0 amide bonds. The molecule has 0 spiro atoms. The Morgan fingerprint density at radius 1 is 1.15 bits per heavy atom. The van der Waals surface area contributed by atoms with Crippen molar-refractivity contribution < 1.29 is 5.11 Å². The quantitative estimate of drug-likeness (QED) is 0.495. The Bertz CT molecular complexity index is 893. The highest BCUT2D eigenvalue weighted by Gasteiger charge is 2.12. The average molecular weight is 387 g/mol. The van der Waals surface area contributed by atoms with Gasteiger partial charge in [-0.2, -0.15) is 9.78 Å². The SMILES string of the molecule is Cc1ccccc1C=Nn1c(Cc2ccc(Cl)cc2)nnc1SCCO. The van der Waals surface area contributed by atoms with E-state index in [9.17, 15) is 0 Å². The van der Waals surface area contributed by atoms with E-state index in [1.807, 2.05) is 61.7 Å². The van der Waals surface area contributed by atoms with Gasteiger partial charge in [0, 0.05) is 17.2 Å². The number of hydrogen-bond donors (Lipinski definition) is 1. The van der Waals surface area contributed by atoms with Crippen LogP contribution in [0.1, 0.15) is 22.5 Å². The number of aliphatic hydroxyl groups is 1. The number of halogens is 1. The number of aliphatic hydroxyl groups excluding tert-OH is 1. The third kappa shape index (κ3) is 4.72. The van der Waals surface area contributed by atoms with Crippen LogP contribution >= 0.6 is 23.4 Å². The third-order valence-corrected chi connectivity index (χ3v) is 4.93. The summed E-state index contributed by atoms with van der Waals surface area (Å²) in [4.78, 5) is 0. The molecule has 0 aliphatic carbocycles. The van der Waals surface area contributed by atoms with Gasteiger partial charge in [0.15, 0.2) is 5.82 Å². The molecular formula is C19H19ClN4OS. The van der Waals surface area contributed by atoms with Crippen LogP contribution in [0.5, 0.6) is 0 Å². The summed E-state index contributed by atoms with van der Waals surface area (Å²) in [6.45, 7) is 2.12. The highest BCUT2D eigenvalue weighted by Crippen LogP contribution is 2.19. The van der Waals surface area contributed by atoms with Gasteiger partial charge in [-0.1, -0.05) is 59.8 Å². The maximum Gasteiger partial charge on any atom is 0.212 e. The molecule has 5 nitrogen and oxygen atoms in total. The highest BCUT2D eigenvalue weighted by molar-refractivity contribution is 7.99. The van der Waals surface area contributed by atoms with E-state index >= 15 is 0 Å². The summed E-state index contributed by atoms with van der Waals surface area (Å²) in [5, 5.41) is 23.6.